The summed E-state index contributed by atoms with van der Waals surface area (Å²) >= 11 is 3.39. The molecule has 0 amide bonds. The van der Waals surface area contributed by atoms with Crippen molar-refractivity contribution in [3.63, 3.8) is 0 Å². The van der Waals surface area contributed by atoms with E-state index in [1.165, 1.54) is 11.1 Å². The van der Waals surface area contributed by atoms with Crippen LogP contribution in [0, 0.1) is 83.1 Å². The first-order chi connectivity index (χ1) is 26.3. The van der Waals surface area contributed by atoms with Crippen molar-refractivity contribution in [1.29, 1.82) is 0 Å². The third kappa shape index (κ3) is 24.8. The van der Waals surface area contributed by atoms with Gasteiger partial charge in [-0.05, 0) is 92.5 Å². The van der Waals surface area contributed by atoms with Crippen LogP contribution in [0.3, 0.4) is 0 Å². The Bertz CT molecular complexity index is 1580. The molecule has 56 heavy (non-hydrogen) atoms. The van der Waals surface area contributed by atoms with Crippen LogP contribution in [-0.4, -0.2) is 59.1 Å². The van der Waals surface area contributed by atoms with Gasteiger partial charge in [0.25, 0.3) is 0 Å². The van der Waals surface area contributed by atoms with Crippen LogP contribution in [0.25, 0.3) is 0 Å². The lowest BCUT2D eigenvalue weighted by Crippen LogP contribution is -1.86. The summed E-state index contributed by atoms with van der Waals surface area (Å²) in [5.74, 6) is 1.47. The van der Waals surface area contributed by atoms with Crippen LogP contribution >= 0.6 is 22.7 Å². The molecule has 0 fully saturated rings. The van der Waals surface area contributed by atoms with Gasteiger partial charge in [-0.25, -0.2) is 19.9 Å². The van der Waals surface area contributed by atoms with Crippen molar-refractivity contribution in [3.05, 3.63) is 140 Å². The smallest absolute Gasteiger partial charge is 0.191 e. The van der Waals surface area contributed by atoms with E-state index in [0.717, 1.165) is 56.0 Å². The average molecular weight is 805 g/mol. The molecule has 8 rings (SSSR count). The second-order valence-electron chi connectivity index (χ2n) is 12.7. The lowest BCUT2D eigenvalue weighted by Gasteiger charge is -1.79. The van der Waals surface area contributed by atoms with Crippen LogP contribution in [0.4, 0.5) is 0 Å². The summed E-state index contributed by atoms with van der Waals surface area (Å²) in [5.41, 5.74) is 8.70. The maximum atomic E-state index is 4.85. The predicted octanol–water partition coefficient (Wildman–Crippen LogP) is 9.02. The van der Waals surface area contributed by atoms with Crippen molar-refractivity contribution in [2.24, 2.45) is 28.2 Å². The number of hydrogen-bond donors (Lipinski definition) is 0. The Hall–Kier alpha value is -5.48. The fraction of sp³-hybridized carbons (Fsp3) is 0.400. The fourth-order valence-corrected chi connectivity index (χ4v) is 5.22. The van der Waals surface area contributed by atoms with Crippen molar-refractivity contribution >= 4 is 22.7 Å². The van der Waals surface area contributed by atoms with E-state index >= 15 is 0 Å². The summed E-state index contributed by atoms with van der Waals surface area (Å²) in [6.45, 7) is 23.5. The largest absolute Gasteiger partial charge is 0.449 e. The van der Waals surface area contributed by atoms with E-state index in [9.17, 15) is 0 Å². The summed E-state index contributed by atoms with van der Waals surface area (Å²) in [4.78, 5) is 16.1. The van der Waals surface area contributed by atoms with Crippen molar-refractivity contribution < 1.29 is 8.83 Å². The minimum atomic E-state index is 0.734. The molecular weight excluding hydrogens is 745 g/mol. The Morgan fingerprint density at radius 1 is 0.446 bits per heavy atom. The van der Waals surface area contributed by atoms with Gasteiger partial charge >= 0.3 is 0 Å². The first-order valence-electron chi connectivity index (χ1n) is 17.7. The van der Waals surface area contributed by atoms with Crippen LogP contribution in [0.5, 0.6) is 0 Å². The van der Waals surface area contributed by atoms with E-state index in [1.54, 1.807) is 53.9 Å². The van der Waals surface area contributed by atoms with E-state index in [1.807, 2.05) is 161 Å². The topological polar surface area (TPSA) is 149 Å². The predicted molar refractivity (Wildman–Crippen MR) is 227 cm³/mol. The average Bonchev–Trinajstić information content (AvgIpc) is 4.00. The molecule has 0 spiro atoms. The molecule has 14 nitrogen and oxygen atoms in total. The molecule has 8 aromatic heterocycles. The van der Waals surface area contributed by atoms with Gasteiger partial charge in [-0.1, -0.05) is 0 Å². The number of hydrogen-bond acceptors (Lipinski definition) is 12. The van der Waals surface area contributed by atoms with Gasteiger partial charge in [-0.15, -0.1) is 22.7 Å². The fourth-order valence-electron chi connectivity index (χ4n) is 4.04. The van der Waals surface area contributed by atoms with E-state index in [0.29, 0.717) is 0 Å². The maximum Gasteiger partial charge on any atom is 0.191 e. The zero-order chi connectivity index (χ0) is 42.2. The zero-order valence-electron chi connectivity index (χ0n) is 35.9. The van der Waals surface area contributed by atoms with Gasteiger partial charge in [-0.3, -0.25) is 18.7 Å². The number of nitrogens with zero attached hydrogens (tertiary/aromatic N) is 12. The van der Waals surface area contributed by atoms with Crippen LogP contribution in [-0.2, 0) is 28.2 Å². The second-order valence-corrected chi connectivity index (χ2v) is 14.8. The summed E-state index contributed by atoms with van der Waals surface area (Å²) in [7, 11) is 7.64. The van der Waals surface area contributed by atoms with Gasteiger partial charge in [0.2, 0.25) is 0 Å². The number of oxazole rings is 2. The molecule has 0 bridgehead atoms. The number of aryl methyl sites for hydroxylation is 16. The zero-order valence-corrected chi connectivity index (χ0v) is 37.6. The van der Waals surface area contributed by atoms with Gasteiger partial charge in [-0.2, -0.15) is 20.4 Å². The summed E-state index contributed by atoms with van der Waals surface area (Å²) < 4.78 is 16.9. The first kappa shape index (κ1) is 48.5. The third-order valence-corrected chi connectivity index (χ3v) is 8.08. The van der Waals surface area contributed by atoms with Gasteiger partial charge in [0.15, 0.2) is 11.8 Å². The molecule has 0 atom stereocenters. The Morgan fingerprint density at radius 2 is 0.804 bits per heavy atom. The van der Waals surface area contributed by atoms with Crippen LogP contribution in [0.15, 0.2) is 81.4 Å². The van der Waals surface area contributed by atoms with Crippen molar-refractivity contribution in [2.45, 2.75) is 83.1 Å². The van der Waals surface area contributed by atoms with Crippen LogP contribution < -0.4 is 0 Å². The molecule has 0 radical (unpaired) electrons. The lowest BCUT2D eigenvalue weighted by molar-refractivity contribution is 0.520. The quantitative estimate of drug-likeness (QED) is 0.145. The van der Waals surface area contributed by atoms with E-state index in [4.69, 9.17) is 8.83 Å². The minimum absolute atomic E-state index is 0.734. The Labute approximate surface area is 340 Å². The van der Waals surface area contributed by atoms with E-state index < -0.39 is 0 Å². The molecule has 8 aromatic rings. The second kappa shape index (κ2) is 26.3. The number of rotatable bonds is 0. The highest BCUT2D eigenvalue weighted by Gasteiger charge is 1.90. The normalized spacial score (nSPS) is 9.43. The van der Waals surface area contributed by atoms with E-state index in [-0.39, 0.29) is 0 Å². The highest BCUT2D eigenvalue weighted by Crippen LogP contribution is 2.05. The van der Waals surface area contributed by atoms with Crippen molar-refractivity contribution in [3.8, 4) is 0 Å². The van der Waals surface area contributed by atoms with Gasteiger partial charge in [0.1, 0.15) is 12.5 Å². The SMILES string of the molecule is Cc1ccn(C)n1.Cc1ccn(C)n1.Cc1cnn(C)c1.Cc1cnn(C)c1.Cc1coc(C)n1.Cc1coc(C)n1.Cc1csc(C)n1.Cc1csc(C)n1. The molecule has 0 aromatic carbocycles. The Morgan fingerprint density at radius 3 is 0.875 bits per heavy atom. The third-order valence-electron chi connectivity index (χ3n) is 6.30. The summed E-state index contributed by atoms with van der Waals surface area (Å²) in [6, 6.07) is 3.94. The minimum Gasteiger partial charge on any atom is -0.449 e. The standard InChI is InChI=1S/4C5H8N2.2C5H7NO.2C5H7NS/c2*1-5-3-6-7(2)4-5;2*1-5-3-4-7(2)6-5;4*1-4-3-7-5(2)6-4/h4*3-4H,1-2H3;4*3H,1-2H3. The highest BCUT2D eigenvalue weighted by molar-refractivity contribution is 7.09. The van der Waals surface area contributed by atoms with Gasteiger partial charge < -0.3 is 8.83 Å². The molecule has 304 valence electrons. The molecule has 0 aliphatic rings. The Balaban J connectivity index is 0.000000320. The van der Waals surface area contributed by atoms with Crippen LogP contribution in [0.2, 0.25) is 0 Å². The molecule has 0 aliphatic heterocycles. The van der Waals surface area contributed by atoms with E-state index in [2.05, 4.69) is 51.1 Å². The van der Waals surface area contributed by atoms with Crippen LogP contribution in [0.1, 0.15) is 67.1 Å². The van der Waals surface area contributed by atoms with Gasteiger partial charge in [0.05, 0.1) is 45.2 Å². The first-order valence-corrected chi connectivity index (χ1v) is 19.4. The number of thiazole rings is 2. The molecule has 0 aliphatic carbocycles. The monoisotopic (exact) mass is 804 g/mol. The molecule has 0 N–H and O–H groups in total. The van der Waals surface area contributed by atoms with Crippen molar-refractivity contribution in [1.82, 2.24) is 59.1 Å². The highest BCUT2D eigenvalue weighted by atomic mass is 32.1. The number of aromatic nitrogens is 12. The summed E-state index contributed by atoms with van der Waals surface area (Å²) in [6.07, 6.45) is 14.7. The van der Waals surface area contributed by atoms with Gasteiger partial charge in [0, 0.05) is 89.0 Å². The molecule has 0 saturated heterocycles. The molecule has 16 heteroatoms. The molecular formula is C40H60N12O2S2. The van der Waals surface area contributed by atoms with Crippen molar-refractivity contribution in [2.75, 3.05) is 0 Å². The summed E-state index contributed by atoms with van der Waals surface area (Å²) in [5, 5.41) is 22.3. The maximum absolute atomic E-state index is 4.85. The molecule has 0 unspecified atom stereocenters. The Kier molecular flexibility index (Phi) is 22.8. The molecule has 0 saturated carbocycles. The lowest BCUT2D eigenvalue weighted by atomic mass is 10.4. The molecule has 8 heterocycles.